The van der Waals surface area contributed by atoms with E-state index < -0.39 is 11.5 Å². The number of carbonyl (C=O) groups is 1. The smallest absolute Gasteiger partial charge is 0.294 e. The quantitative estimate of drug-likeness (QED) is 0.0467. The van der Waals surface area contributed by atoms with E-state index in [4.69, 9.17) is 4.89 Å². The molecule has 0 aliphatic heterocycles. The Labute approximate surface area is 163 Å². The summed E-state index contributed by atoms with van der Waals surface area (Å²) in [7, 11) is 0. The van der Waals surface area contributed by atoms with Gasteiger partial charge in [0.1, 0.15) is 5.57 Å². The minimum absolute atomic E-state index is 0.433. The summed E-state index contributed by atoms with van der Waals surface area (Å²) >= 11 is 2.69. The van der Waals surface area contributed by atoms with E-state index in [0.29, 0.717) is 6.61 Å². The third-order valence-corrected chi connectivity index (χ3v) is 7.10. The van der Waals surface area contributed by atoms with E-state index in [1.807, 2.05) is 0 Å². The second kappa shape index (κ2) is 16.6. The van der Waals surface area contributed by atoms with Crippen LogP contribution in [0.3, 0.4) is 0 Å². The molecule has 0 bridgehead atoms. The lowest BCUT2D eigenvalue weighted by Gasteiger charge is -2.12. The van der Waals surface area contributed by atoms with Gasteiger partial charge in [-0.2, -0.15) is 4.89 Å². The number of hydrogen-bond acceptors (Lipinski definition) is 3. The van der Waals surface area contributed by atoms with Crippen molar-refractivity contribution in [2.45, 2.75) is 96.7 Å². The fourth-order valence-corrected chi connectivity index (χ4v) is 4.80. The van der Waals surface area contributed by atoms with Crippen molar-refractivity contribution >= 4 is 33.3 Å². The van der Waals surface area contributed by atoms with E-state index in [1.54, 1.807) is 13.0 Å². The molecule has 0 atom stereocenters. The monoisotopic (exact) mass is 468 g/mol. The molecule has 142 valence electrons. The van der Waals surface area contributed by atoms with Crippen LogP contribution in [0.4, 0.5) is 0 Å². The molecule has 0 aliphatic carbocycles. The Kier molecular flexibility index (Phi) is 16.7. The molecule has 0 spiro atoms. The van der Waals surface area contributed by atoms with Gasteiger partial charge in [0, 0.05) is 6.08 Å². The van der Waals surface area contributed by atoms with Crippen molar-refractivity contribution in [3.8, 4) is 0 Å². The number of rotatable bonds is 16. The van der Waals surface area contributed by atoms with Crippen LogP contribution in [0.5, 0.6) is 0 Å². The van der Waals surface area contributed by atoms with Crippen molar-refractivity contribution in [1.82, 2.24) is 0 Å². The van der Waals surface area contributed by atoms with Gasteiger partial charge in [0.05, 0.1) is 6.61 Å². The van der Waals surface area contributed by atoms with Gasteiger partial charge >= 0.3 is 5.97 Å². The molecule has 0 unspecified atom stereocenters. The van der Waals surface area contributed by atoms with E-state index in [1.165, 1.54) is 69.9 Å². The van der Waals surface area contributed by atoms with Crippen molar-refractivity contribution in [3.05, 3.63) is 12.2 Å². The number of carbonyl (C=O) groups excluding carboxylic acids is 1. The topological polar surface area (TPSA) is 35.5 Å². The summed E-state index contributed by atoms with van der Waals surface area (Å²) in [6.45, 7) is 7.18. The molecule has 24 heavy (non-hydrogen) atoms. The molecule has 0 heterocycles. The van der Waals surface area contributed by atoms with Gasteiger partial charge in [-0.25, -0.2) is 4.79 Å². The fraction of sp³-hybridized carbons (Fsp3) is 0.842. The van der Waals surface area contributed by atoms with Crippen LogP contribution < -0.4 is 0 Å². The van der Waals surface area contributed by atoms with Crippen LogP contribution >= 0.6 is 21.8 Å². The van der Waals surface area contributed by atoms with Gasteiger partial charge in [0.2, 0.25) is 0 Å². The SMILES string of the molecule is CC=CC(=O)OOCCCCCCCCCCCCC[Si](C)(C)I. The first-order valence-electron chi connectivity index (χ1n) is 9.61. The second-order valence-electron chi connectivity index (χ2n) is 7.08. The third-order valence-electron chi connectivity index (χ3n) is 3.94. The van der Waals surface area contributed by atoms with Crippen molar-refractivity contribution in [3.63, 3.8) is 0 Å². The zero-order valence-corrected chi connectivity index (χ0v) is 19.1. The maximum Gasteiger partial charge on any atom is 0.365 e. The van der Waals surface area contributed by atoms with Crippen molar-refractivity contribution < 1.29 is 14.6 Å². The van der Waals surface area contributed by atoms with Crippen LogP contribution in [0.25, 0.3) is 0 Å². The number of unbranched alkanes of at least 4 members (excludes halogenated alkanes) is 10. The lowest BCUT2D eigenvalue weighted by molar-refractivity contribution is -0.267. The van der Waals surface area contributed by atoms with Crippen LogP contribution in [-0.4, -0.2) is 18.1 Å². The Morgan fingerprint density at radius 3 is 1.79 bits per heavy atom. The molecule has 0 aromatic rings. The number of hydrogen-bond donors (Lipinski definition) is 0. The highest BCUT2D eigenvalue weighted by molar-refractivity contribution is 14.1. The average molecular weight is 468 g/mol. The zero-order valence-electron chi connectivity index (χ0n) is 15.9. The molecule has 0 fully saturated rings. The molecule has 0 radical (unpaired) electrons. The Hall–Kier alpha value is 0.117. The van der Waals surface area contributed by atoms with Gasteiger partial charge in [0.25, 0.3) is 0 Å². The predicted octanol–water partition coefficient (Wildman–Crippen LogP) is 6.97. The Balaban J connectivity index is 3.11. The van der Waals surface area contributed by atoms with Crippen molar-refractivity contribution in [2.24, 2.45) is 0 Å². The predicted molar refractivity (Wildman–Crippen MR) is 114 cm³/mol. The Morgan fingerprint density at radius 1 is 0.875 bits per heavy atom. The van der Waals surface area contributed by atoms with E-state index in [-0.39, 0.29) is 0 Å². The molecule has 0 N–H and O–H groups in total. The molecular weight excluding hydrogens is 431 g/mol. The maximum absolute atomic E-state index is 11.0. The standard InChI is InChI=1S/C19H37IO3Si/c1-4-16-19(21)23-22-17-14-12-10-8-6-5-7-9-11-13-15-18-24(2,3)20/h4,16H,5-15,17-18H2,1-3H3. The molecule has 0 aromatic carbocycles. The molecule has 0 amide bonds. The normalized spacial score (nSPS) is 12.0. The summed E-state index contributed by atoms with van der Waals surface area (Å²) in [5.74, 6) is -0.433. The second-order valence-corrected chi connectivity index (χ2v) is 19.8. The molecule has 0 saturated heterocycles. The van der Waals surface area contributed by atoms with Crippen LogP contribution in [0.1, 0.15) is 77.6 Å². The number of halogens is 1. The summed E-state index contributed by atoms with van der Waals surface area (Å²) in [5.41, 5.74) is -0.836. The molecule has 0 aliphatic rings. The maximum atomic E-state index is 11.0. The first-order valence-corrected chi connectivity index (χ1v) is 15.9. The highest BCUT2D eigenvalue weighted by Crippen LogP contribution is 2.21. The van der Waals surface area contributed by atoms with Gasteiger partial charge in [-0.15, -0.1) is 21.8 Å². The Bertz CT molecular complexity index is 327. The summed E-state index contributed by atoms with van der Waals surface area (Å²) in [5, 5.41) is 0. The fourth-order valence-electron chi connectivity index (χ4n) is 2.56. The van der Waals surface area contributed by atoms with Crippen molar-refractivity contribution in [2.75, 3.05) is 6.61 Å². The highest BCUT2D eigenvalue weighted by Gasteiger charge is 2.14. The zero-order chi connectivity index (χ0) is 18.1. The van der Waals surface area contributed by atoms with Crippen LogP contribution in [-0.2, 0) is 14.6 Å². The van der Waals surface area contributed by atoms with Gasteiger partial charge in [-0.3, -0.25) is 4.89 Å². The third kappa shape index (κ3) is 20.2. The first kappa shape index (κ1) is 24.1. The molecule has 0 rings (SSSR count). The van der Waals surface area contributed by atoms with Gasteiger partial charge in [0.15, 0.2) is 0 Å². The molecule has 3 nitrogen and oxygen atoms in total. The van der Waals surface area contributed by atoms with Crippen LogP contribution in [0, 0.1) is 0 Å². The van der Waals surface area contributed by atoms with Gasteiger partial charge in [-0.1, -0.05) is 83.4 Å². The van der Waals surface area contributed by atoms with E-state index in [2.05, 4.69) is 39.8 Å². The van der Waals surface area contributed by atoms with Gasteiger partial charge in [-0.05, 0) is 19.4 Å². The minimum Gasteiger partial charge on any atom is -0.294 e. The number of allylic oxidation sites excluding steroid dienone is 1. The van der Waals surface area contributed by atoms with Crippen LogP contribution in [0.2, 0.25) is 19.1 Å². The summed E-state index contributed by atoms with van der Waals surface area (Å²) in [4.78, 5) is 20.4. The molecule has 0 saturated carbocycles. The molecule has 5 heteroatoms. The molecular formula is C19H37IO3Si. The van der Waals surface area contributed by atoms with Gasteiger partial charge < -0.3 is 0 Å². The lowest BCUT2D eigenvalue weighted by atomic mass is 10.1. The van der Waals surface area contributed by atoms with E-state index in [9.17, 15) is 4.79 Å². The summed E-state index contributed by atoms with van der Waals surface area (Å²) in [6.07, 6.45) is 17.5. The minimum atomic E-state index is -0.836. The highest BCUT2D eigenvalue weighted by atomic mass is 127. The molecule has 0 aromatic heterocycles. The summed E-state index contributed by atoms with van der Waals surface area (Å²) < 4.78 is 0. The Morgan fingerprint density at radius 2 is 1.33 bits per heavy atom. The van der Waals surface area contributed by atoms with Crippen molar-refractivity contribution in [1.29, 1.82) is 0 Å². The average Bonchev–Trinajstić information content (AvgIpc) is 2.50. The summed E-state index contributed by atoms with van der Waals surface area (Å²) in [6, 6.07) is 1.48. The lowest BCUT2D eigenvalue weighted by Crippen LogP contribution is -2.13. The van der Waals surface area contributed by atoms with Crippen LogP contribution in [0.15, 0.2) is 12.2 Å². The van der Waals surface area contributed by atoms with E-state index in [0.717, 1.165) is 12.8 Å². The first-order chi connectivity index (χ1) is 11.5. The largest absolute Gasteiger partial charge is 0.365 e. The van der Waals surface area contributed by atoms with E-state index >= 15 is 0 Å².